The number of benzene rings is 2. The number of rotatable bonds is 11. The van der Waals surface area contributed by atoms with E-state index in [4.69, 9.17) is 26.2 Å². The van der Waals surface area contributed by atoms with Crippen molar-refractivity contribution in [2.45, 2.75) is 57.7 Å². The smallest absolute Gasteiger partial charge is 0.338 e. The molecule has 1 aromatic heterocycles. The van der Waals surface area contributed by atoms with E-state index in [9.17, 15) is 9.59 Å². The van der Waals surface area contributed by atoms with E-state index in [-0.39, 0.29) is 18.6 Å². The van der Waals surface area contributed by atoms with Crippen LogP contribution in [0, 0.1) is 0 Å². The van der Waals surface area contributed by atoms with Gasteiger partial charge in [-0.05, 0) is 63.9 Å². The lowest BCUT2D eigenvalue weighted by Gasteiger charge is -2.28. The Morgan fingerprint density at radius 2 is 1.82 bits per heavy atom. The predicted octanol–water partition coefficient (Wildman–Crippen LogP) is 5.71. The highest BCUT2D eigenvalue weighted by Gasteiger charge is 2.35. The molecule has 0 spiro atoms. The van der Waals surface area contributed by atoms with Gasteiger partial charge in [-0.25, -0.2) is 9.48 Å². The molecule has 40 heavy (non-hydrogen) atoms. The van der Waals surface area contributed by atoms with Crippen LogP contribution >= 0.6 is 23.4 Å². The fraction of sp³-hybridized carbons (Fsp3) is 0.379. The highest BCUT2D eigenvalue weighted by molar-refractivity contribution is 7.98. The third-order valence-corrected chi connectivity index (χ3v) is 7.64. The predicted molar refractivity (Wildman–Crippen MR) is 157 cm³/mol. The Bertz CT molecular complexity index is 1390. The molecule has 2 heterocycles. The number of allylic oxidation sites excluding steroid dienone is 1. The zero-order valence-electron chi connectivity index (χ0n) is 23.3. The fourth-order valence-corrected chi connectivity index (χ4v) is 5.47. The molecule has 1 unspecified atom stereocenters. The Labute approximate surface area is 243 Å². The summed E-state index contributed by atoms with van der Waals surface area (Å²) in [5, 5.41) is 9.22. The molecule has 3 aromatic rings. The minimum absolute atomic E-state index is 0.0431. The summed E-state index contributed by atoms with van der Waals surface area (Å²) in [4.78, 5) is 32.0. The van der Waals surface area contributed by atoms with Crippen LogP contribution in [-0.4, -0.2) is 57.3 Å². The highest BCUT2D eigenvalue weighted by atomic mass is 35.5. The number of likely N-dealkylation sites (N-methyl/N-ethyl adjacent to an activating group) is 1. The normalized spacial score (nSPS) is 14.5. The van der Waals surface area contributed by atoms with Crippen molar-refractivity contribution in [1.82, 2.24) is 19.7 Å². The van der Waals surface area contributed by atoms with Gasteiger partial charge in [-0.15, -0.1) is 5.10 Å². The number of amides is 1. The molecule has 0 saturated heterocycles. The molecule has 1 aliphatic rings. The molecule has 11 heteroatoms. The number of ether oxygens (including phenoxy) is 2. The number of thioether (sulfide) groups is 1. The van der Waals surface area contributed by atoms with Gasteiger partial charge in [-0.3, -0.25) is 4.79 Å². The van der Waals surface area contributed by atoms with Crippen LogP contribution in [0.5, 0.6) is 5.75 Å². The van der Waals surface area contributed by atoms with Gasteiger partial charge in [0.1, 0.15) is 11.8 Å². The second-order valence-electron chi connectivity index (χ2n) is 9.49. The average Bonchev–Trinajstić information content (AvgIpc) is 3.33. The van der Waals surface area contributed by atoms with Crippen LogP contribution in [0.15, 0.2) is 65.0 Å². The third-order valence-electron chi connectivity index (χ3n) is 6.38. The molecule has 0 fully saturated rings. The lowest BCUT2D eigenvalue weighted by atomic mass is 9.95. The monoisotopic (exact) mass is 583 g/mol. The summed E-state index contributed by atoms with van der Waals surface area (Å²) in [6, 6.07) is 14.4. The Morgan fingerprint density at radius 1 is 1.12 bits per heavy atom. The molecule has 0 bridgehead atoms. The quantitative estimate of drug-likeness (QED) is 0.226. The molecule has 4 rings (SSSR count). The number of hydrogen-bond acceptors (Lipinski definition) is 8. The van der Waals surface area contributed by atoms with Crippen LogP contribution in [0.25, 0.3) is 0 Å². The van der Waals surface area contributed by atoms with Gasteiger partial charge in [0.05, 0.1) is 11.7 Å². The number of anilines is 1. The van der Waals surface area contributed by atoms with Crippen LogP contribution in [0.4, 0.5) is 5.95 Å². The molecule has 9 nitrogen and oxygen atoms in total. The van der Waals surface area contributed by atoms with Gasteiger partial charge in [-0.1, -0.05) is 53.7 Å². The number of esters is 1. The van der Waals surface area contributed by atoms with Crippen molar-refractivity contribution < 1.29 is 19.1 Å². The van der Waals surface area contributed by atoms with Crippen molar-refractivity contribution in [3.05, 3.63) is 76.0 Å². The molecule has 1 atom stereocenters. The average molecular weight is 584 g/mol. The molecular formula is C29H34ClN5O4S. The van der Waals surface area contributed by atoms with Crippen LogP contribution in [0.2, 0.25) is 5.02 Å². The number of carbonyl (C=O) groups excluding carboxylic acids is 2. The molecule has 1 N–H and O–H groups in total. The summed E-state index contributed by atoms with van der Waals surface area (Å²) < 4.78 is 13.1. The van der Waals surface area contributed by atoms with E-state index >= 15 is 0 Å². The molecule has 1 aliphatic heterocycles. The Morgan fingerprint density at radius 3 is 2.48 bits per heavy atom. The van der Waals surface area contributed by atoms with E-state index in [1.54, 1.807) is 21.7 Å². The van der Waals surface area contributed by atoms with E-state index in [0.29, 0.717) is 52.0 Å². The summed E-state index contributed by atoms with van der Waals surface area (Å²) in [5.74, 6) is 1.18. The van der Waals surface area contributed by atoms with Crippen molar-refractivity contribution >= 4 is 41.2 Å². The molecule has 0 radical (unpaired) electrons. The largest absolute Gasteiger partial charge is 0.484 e. The zero-order chi connectivity index (χ0) is 28.8. The Balaban J connectivity index is 1.61. The van der Waals surface area contributed by atoms with Gasteiger partial charge in [0.25, 0.3) is 5.91 Å². The van der Waals surface area contributed by atoms with Crippen molar-refractivity contribution in [3.8, 4) is 5.75 Å². The first-order valence-corrected chi connectivity index (χ1v) is 14.6. The van der Waals surface area contributed by atoms with Crippen molar-refractivity contribution in [1.29, 1.82) is 0 Å². The molecular weight excluding hydrogens is 550 g/mol. The van der Waals surface area contributed by atoms with E-state index in [1.165, 1.54) is 11.8 Å². The first-order valence-electron chi connectivity index (χ1n) is 13.2. The van der Waals surface area contributed by atoms with E-state index in [1.807, 2.05) is 71.0 Å². The van der Waals surface area contributed by atoms with E-state index in [2.05, 4.69) is 10.3 Å². The first-order chi connectivity index (χ1) is 19.2. The molecule has 212 valence electrons. The van der Waals surface area contributed by atoms with E-state index < -0.39 is 12.0 Å². The Kier molecular flexibility index (Phi) is 9.76. The standard InChI is InChI=1S/C29H34ClN5O4S/c1-6-34(7-2)24(36)16-38-22-14-12-20(13-15-22)26-25(27(37)39-18(3)4)19(5)31-28-32-29(33-35(26)28)40-17-21-10-8-9-11-23(21)30/h8-15,18,26H,6-7,16-17H2,1-5H3,(H,31,32,33). The maximum atomic E-state index is 13.3. The maximum Gasteiger partial charge on any atom is 0.338 e. The second-order valence-corrected chi connectivity index (χ2v) is 10.8. The number of fused-ring (bicyclic) bond motifs is 1. The second kappa shape index (κ2) is 13.2. The lowest BCUT2D eigenvalue weighted by molar-refractivity contribution is -0.143. The lowest BCUT2D eigenvalue weighted by Crippen LogP contribution is -2.34. The van der Waals surface area contributed by atoms with Crippen molar-refractivity contribution in [2.24, 2.45) is 0 Å². The zero-order valence-corrected chi connectivity index (χ0v) is 24.9. The van der Waals surface area contributed by atoms with Crippen LogP contribution in [-0.2, 0) is 20.1 Å². The number of carbonyl (C=O) groups is 2. The number of nitrogens with one attached hydrogen (secondary N) is 1. The van der Waals surface area contributed by atoms with Gasteiger partial charge in [0.15, 0.2) is 6.61 Å². The number of hydrogen-bond donors (Lipinski definition) is 1. The first kappa shape index (κ1) is 29.5. The topological polar surface area (TPSA) is 98.6 Å². The van der Waals surface area contributed by atoms with Gasteiger partial charge in [0.2, 0.25) is 11.1 Å². The van der Waals surface area contributed by atoms with Gasteiger partial charge in [0, 0.05) is 29.6 Å². The van der Waals surface area contributed by atoms with Crippen LogP contribution < -0.4 is 10.1 Å². The number of aromatic nitrogens is 3. The SMILES string of the molecule is CCN(CC)C(=O)COc1ccc(C2C(C(=O)OC(C)C)=C(C)Nc3nc(SCc4ccccc4Cl)nn32)cc1. The minimum Gasteiger partial charge on any atom is -0.484 e. The maximum absolute atomic E-state index is 13.3. The van der Waals surface area contributed by atoms with Crippen LogP contribution in [0.1, 0.15) is 51.8 Å². The van der Waals surface area contributed by atoms with Crippen molar-refractivity contribution in [3.63, 3.8) is 0 Å². The fourth-order valence-electron chi connectivity index (χ4n) is 4.36. The number of nitrogens with zero attached hydrogens (tertiary/aromatic N) is 4. The van der Waals surface area contributed by atoms with E-state index in [0.717, 1.165) is 11.1 Å². The number of halogens is 1. The molecule has 0 saturated carbocycles. The summed E-state index contributed by atoms with van der Waals surface area (Å²) in [7, 11) is 0. The highest BCUT2D eigenvalue weighted by Crippen LogP contribution is 2.38. The summed E-state index contributed by atoms with van der Waals surface area (Å²) >= 11 is 7.79. The molecule has 2 aromatic carbocycles. The van der Waals surface area contributed by atoms with Gasteiger partial charge in [-0.2, -0.15) is 4.98 Å². The summed E-state index contributed by atoms with van der Waals surface area (Å²) in [6.45, 7) is 10.6. The Hall–Kier alpha value is -3.50. The van der Waals surface area contributed by atoms with Crippen molar-refractivity contribution in [2.75, 3.05) is 25.0 Å². The molecule has 1 amide bonds. The summed E-state index contributed by atoms with van der Waals surface area (Å²) in [5.41, 5.74) is 2.87. The molecule has 0 aliphatic carbocycles. The third kappa shape index (κ3) is 6.79. The summed E-state index contributed by atoms with van der Waals surface area (Å²) in [6.07, 6.45) is -0.286. The van der Waals surface area contributed by atoms with Gasteiger partial charge >= 0.3 is 5.97 Å². The van der Waals surface area contributed by atoms with Gasteiger partial charge < -0.3 is 19.7 Å². The minimum atomic E-state index is -0.573. The van der Waals surface area contributed by atoms with Crippen LogP contribution in [0.3, 0.4) is 0 Å².